The fraction of sp³-hybridized carbons (Fsp3) is 0.538. The number of nitrogens with two attached hydrogens (primary N) is 1. The van der Waals surface area contributed by atoms with Crippen molar-refractivity contribution in [3.05, 3.63) is 30.1 Å². The quantitative estimate of drug-likeness (QED) is 0.723. The van der Waals surface area contributed by atoms with E-state index in [9.17, 15) is 8.42 Å². The fourth-order valence-electron chi connectivity index (χ4n) is 1.65. The van der Waals surface area contributed by atoms with Gasteiger partial charge in [0.25, 0.3) is 10.2 Å². The van der Waals surface area contributed by atoms with Crippen molar-refractivity contribution in [3.63, 3.8) is 0 Å². The maximum absolute atomic E-state index is 12.6. The molecule has 118 valence electrons. The van der Waals surface area contributed by atoms with Gasteiger partial charge in [0.15, 0.2) is 0 Å². The topological polar surface area (TPSA) is 79.5 Å². The van der Waals surface area contributed by atoms with Gasteiger partial charge in [0.1, 0.15) is 0 Å². The summed E-state index contributed by atoms with van der Waals surface area (Å²) in [5.74, 6) is 0. The average molecular weight is 330 g/mol. The molecule has 0 radical (unpaired) electrons. The summed E-state index contributed by atoms with van der Waals surface area (Å²) in [6.07, 6.45) is 3.65. The standard InChI is InChI=1S/C13H22N4O2S2/c1-11(2)16(3)21(18,19)17(8-6-13(14)20)10-12-5-4-7-15-9-12/h4-5,7,9,11H,6,8,10H2,1-3H3,(H2,14,20). The molecule has 0 amide bonds. The molecular formula is C13H22N4O2S2. The molecule has 1 heterocycles. The molecule has 0 spiro atoms. The van der Waals surface area contributed by atoms with Crippen molar-refractivity contribution >= 4 is 27.4 Å². The third kappa shape index (κ3) is 5.31. The molecule has 0 aliphatic rings. The van der Waals surface area contributed by atoms with Gasteiger partial charge in [-0.2, -0.15) is 17.0 Å². The van der Waals surface area contributed by atoms with E-state index in [1.807, 2.05) is 19.9 Å². The van der Waals surface area contributed by atoms with E-state index in [1.165, 1.54) is 8.61 Å². The van der Waals surface area contributed by atoms with Gasteiger partial charge in [0.05, 0.1) is 4.99 Å². The summed E-state index contributed by atoms with van der Waals surface area (Å²) in [4.78, 5) is 4.31. The van der Waals surface area contributed by atoms with Crippen LogP contribution in [-0.4, -0.2) is 46.6 Å². The Morgan fingerprint density at radius 2 is 2.14 bits per heavy atom. The highest BCUT2D eigenvalue weighted by Crippen LogP contribution is 2.14. The Labute approximate surface area is 132 Å². The van der Waals surface area contributed by atoms with Crippen molar-refractivity contribution in [2.75, 3.05) is 13.6 Å². The minimum absolute atomic E-state index is 0.128. The van der Waals surface area contributed by atoms with E-state index >= 15 is 0 Å². The highest BCUT2D eigenvalue weighted by atomic mass is 32.2. The number of pyridine rings is 1. The summed E-state index contributed by atoms with van der Waals surface area (Å²) in [6.45, 7) is 4.15. The van der Waals surface area contributed by atoms with E-state index in [-0.39, 0.29) is 19.1 Å². The monoisotopic (exact) mass is 330 g/mol. The van der Waals surface area contributed by atoms with Gasteiger partial charge in [0, 0.05) is 45.0 Å². The zero-order valence-electron chi connectivity index (χ0n) is 12.6. The second-order valence-electron chi connectivity index (χ2n) is 5.03. The Morgan fingerprint density at radius 1 is 1.48 bits per heavy atom. The number of thiocarbonyl (C=S) groups is 1. The number of nitrogens with zero attached hydrogens (tertiary/aromatic N) is 3. The Morgan fingerprint density at radius 3 is 2.62 bits per heavy atom. The van der Waals surface area contributed by atoms with Gasteiger partial charge in [-0.25, -0.2) is 0 Å². The Balaban J connectivity index is 2.99. The smallest absolute Gasteiger partial charge is 0.282 e. The number of rotatable bonds is 8. The number of hydrogen-bond donors (Lipinski definition) is 1. The summed E-state index contributed by atoms with van der Waals surface area (Å²) in [5, 5.41) is 0. The molecule has 21 heavy (non-hydrogen) atoms. The fourth-order valence-corrected chi connectivity index (χ4v) is 3.28. The van der Waals surface area contributed by atoms with Crippen molar-refractivity contribution in [2.45, 2.75) is 32.9 Å². The highest BCUT2D eigenvalue weighted by Gasteiger charge is 2.28. The van der Waals surface area contributed by atoms with Crippen molar-refractivity contribution in [2.24, 2.45) is 5.73 Å². The summed E-state index contributed by atoms with van der Waals surface area (Å²) in [6, 6.07) is 3.49. The summed E-state index contributed by atoms with van der Waals surface area (Å²) in [7, 11) is -2.00. The minimum atomic E-state index is -3.57. The van der Waals surface area contributed by atoms with Crippen molar-refractivity contribution in [3.8, 4) is 0 Å². The molecule has 0 aromatic carbocycles. The third-order valence-electron chi connectivity index (χ3n) is 3.11. The second kappa shape index (κ2) is 7.79. The van der Waals surface area contributed by atoms with Crippen LogP contribution >= 0.6 is 12.2 Å². The molecule has 0 aliphatic carbocycles. The summed E-state index contributed by atoms with van der Waals surface area (Å²) >= 11 is 4.85. The average Bonchev–Trinajstić information content (AvgIpc) is 2.43. The van der Waals surface area contributed by atoms with Gasteiger partial charge in [-0.15, -0.1) is 0 Å². The van der Waals surface area contributed by atoms with Crippen LogP contribution in [0.25, 0.3) is 0 Å². The van der Waals surface area contributed by atoms with Gasteiger partial charge >= 0.3 is 0 Å². The predicted molar refractivity (Wildman–Crippen MR) is 87.9 cm³/mol. The molecule has 8 heteroatoms. The summed E-state index contributed by atoms with van der Waals surface area (Å²) in [5.41, 5.74) is 6.32. The molecule has 1 aromatic heterocycles. The molecule has 0 saturated heterocycles. The lowest BCUT2D eigenvalue weighted by Gasteiger charge is -2.29. The molecule has 6 nitrogen and oxygen atoms in total. The van der Waals surface area contributed by atoms with Crippen LogP contribution in [0.2, 0.25) is 0 Å². The lowest BCUT2D eigenvalue weighted by molar-refractivity contribution is 0.334. The van der Waals surface area contributed by atoms with E-state index in [0.717, 1.165) is 5.56 Å². The van der Waals surface area contributed by atoms with Crippen molar-refractivity contribution in [1.82, 2.24) is 13.6 Å². The van der Waals surface area contributed by atoms with Gasteiger partial charge in [-0.05, 0) is 25.5 Å². The summed E-state index contributed by atoms with van der Waals surface area (Å²) < 4.78 is 28.0. The van der Waals surface area contributed by atoms with Gasteiger partial charge in [0.2, 0.25) is 0 Å². The van der Waals surface area contributed by atoms with Gasteiger partial charge in [-0.3, -0.25) is 4.98 Å². The lowest BCUT2D eigenvalue weighted by Crippen LogP contribution is -2.45. The number of hydrogen-bond acceptors (Lipinski definition) is 4. The van der Waals surface area contributed by atoms with Crippen molar-refractivity contribution in [1.29, 1.82) is 0 Å². The molecule has 0 saturated carbocycles. The molecule has 2 N–H and O–H groups in total. The first kappa shape index (κ1) is 18.0. The highest BCUT2D eigenvalue weighted by molar-refractivity contribution is 7.86. The van der Waals surface area contributed by atoms with Crippen LogP contribution < -0.4 is 5.73 Å². The zero-order valence-corrected chi connectivity index (χ0v) is 14.2. The molecule has 0 unspecified atom stereocenters. The molecule has 0 bridgehead atoms. The Bertz CT molecular complexity index is 561. The molecule has 0 aliphatic heterocycles. The lowest BCUT2D eigenvalue weighted by atomic mass is 10.3. The van der Waals surface area contributed by atoms with Crippen LogP contribution in [-0.2, 0) is 16.8 Å². The van der Waals surface area contributed by atoms with Crippen LogP contribution in [0.3, 0.4) is 0 Å². The second-order valence-corrected chi connectivity index (χ2v) is 7.54. The largest absolute Gasteiger partial charge is 0.393 e. The maximum Gasteiger partial charge on any atom is 0.282 e. The number of aromatic nitrogens is 1. The molecule has 0 fully saturated rings. The zero-order chi connectivity index (χ0) is 16.0. The maximum atomic E-state index is 12.6. The van der Waals surface area contributed by atoms with E-state index in [0.29, 0.717) is 11.4 Å². The first-order valence-electron chi connectivity index (χ1n) is 6.65. The van der Waals surface area contributed by atoms with Gasteiger partial charge < -0.3 is 5.73 Å². The Hall–Kier alpha value is -1.09. The van der Waals surface area contributed by atoms with Crippen LogP contribution in [0.15, 0.2) is 24.5 Å². The first-order valence-corrected chi connectivity index (χ1v) is 8.46. The SMILES string of the molecule is CC(C)N(C)S(=O)(=O)N(CCC(N)=S)Cc1cccnc1. The van der Waals surface area contributed by atoms with Crippen LogP contribution in [0.5, 0.6) is 0 Å². The Kier molecular flexibility index (Phi) is 6.66. The first-order chi connectivity index (χ1) is 9.75. The third-order valence-corrected chi connectivity index (χ3v) is 5.42. The van der Waals surface area contributed by atoms with Crippen LogP contribution in [0, 0.1) is 0 Å². The molecule has 1 aromatic rings. The predicted octanol–water partition coefficient (Wildman–Crippen LogP) is 1.14. The van der Waals surface area contributed by atoms with E-state index in [1.54, 1.807) is 25.5 Å². The minimum Gasteiger partial charge on any atom is -0.393 e. The molecular weight excluding hydrogens is 308 g/mol. The van der Waals surface area contributed by atoms with E-state index in [4.69, 9.17) is 18.0 Å². The normalized spacial score (nSPS) is 12.3. The van der Waals surface area contributed by atoms with Crippen LogP contribution in [0.4, 0.5) is 0 Å². The van der Waals surface area contributed by atoms with E-state index < -0.39 is 10.2 Å². The van der Waals surface area contributed by atoms with Gasteiger partial charge in [-0.1, -0.05) is 18.3 Å². The van der Waals surface area contributed by atoms with E-state index in [2.05, 4.69) is 4.98 Å². The molecule has 0 atom stereocenters. The molecule has 1 rings (SSSR count). The van der Waals surface area contributed by atoms with Crippen LogP contribution in [0.1, 0.15) is 25.8 Å². The van der Waals surface area contributed by atoms with Crippen molar-refractivity contribution < 1.29 is 8.42 Å².